The van der Waals surface area contributed by atoms with E-state index in [2.05, 4.69) is 20.3 Å². The van der Waals surface area contributed by atoms with E-state index >= 15 is 0 Å². The number of pyridine rings is 2. The van der Waals surface area contributed by atoms with Gasteiger partial charge in [0, 0.05) is 30.4 Å². The number of hydrogen-bond acceptors (Lipinski definition) is 6. The lowest BCUT2D eigenvalue weighted by molar-refractivity contribution is 0.146. The van der Waals surface area contributed by atoms with Gasteiger partial charge in [0.2, 0.25) is 5.88 Å². The number of aryl methyl sites for hydroxylation is 1. The minimum Gasteiger partial charge on any atom is -0.481 e. The second kappa shape index (κ2) is 9.12. The number of rotatable bonds is 6. The molecule has 176 valence electrons. The zero-order valence-corrected chi connectivity index (χ0v) is 18.9. The number of halogens is 3. The number of aromatic nitrogens is 4. The van der Waals surface area contributed by atoms with Crippen LogP contribution in [0.25, 0.3) is 22.2 Å². The fourth-order valence-electron chi connectivity index (χ4n) is 3.78. The predicted octanol–water partition coefficient (Wildman–Crippen LogP) is 4.96. The Bertz CT molecular complexity index is 1420. The van der Waals surface area contributed by atoms with Crippen molar-refractivity contribution < 1.29 is 17.9 Å². The molecule has 0 aliphatic rings. The Labute approximate surface area is 193 Å². The number of hydrogen-bond donors (Lipinski definition) is 1. The topological polar surface area (TPSA) is 81.9 Å². The summed E-state index contributed by atoms with van der Waals surface area (Å²) in [7, 11) is 3.13. The highest BCUT2D eigenvalue weighted by molar-refractivity contribution is 5.91. The largest absolute Gasteiger partial charge is 0.481 e. The normalized spacial score (nSPS) is 12.2. The van der Waals surface area contributed by atoms with E-state index in [9.17, 15) is 18.0 Å². The smallest absolute Gasteiger partial charge is 0.277 e. The number of alkyl halides is 2. The monoisotopic (exact) mass is 469 g/mol. The summed E-state index contributed by atoms with van der Waals surface area (Å²) in [6.45, 7) is 3.26. The maximum absolute atomic E-state index is 14.7. The zero-order chi connectivity index (χ0) is 24.6. The van der Waals surface area contributed by atoms with Crippen LogP contribution in [0, 0.1) is 12.7 Å². The van der Waals surface area contributed by atoms with Crippen molar-refractivity contribution in [3.05, 3.63) is 75.7 Å². The summed E-state index contributed by atoms with van der Waals surface area (Å²) in [6, 6.07) is 8.33. The van der Waals surface area contributed by atoms with Gasteiger partial charge in [-0.25, -0.2) is 28.1 Å². The van der Waals surface area contributed by atoms with Gasteiger partial charge >= 0.3 is 0 Å². The van der Waals surface area contributed by atoms with E-state index in [1.165, 1.54) is 23.8 Å². The van der Waals surface area contributed by atoms with Crippen LogP contribution >= 0.6 is 0 Å². The van der Waals surface area contributed by atoms with Gasteiger partial charge in [0.1, 0.15) is 23.0 Å². The number of ether oxygens (including phenoxy) is 1. The molecular weight excluding hydrogens is 447 g/mol. The summed E-state index contributed by atoms with van der Waals surface area (Å²) in [6.07, 6.45) is -1.35. The molecule has 3 heterocycles. The predicted molar refractivity (Wildman–Crippen MR) is 123 cm³/mol. The third kappa shape index (κ3) is 4.18. The van der Waals surface area contributed by atoms with E-state index in [1.807, 2.05) is 0 Å². The van der Waals surface area contributed by atoms with E-state index in [1.54, 1.807) is 45.3 Å². The minimum atomic E-state index is -2.93. The number of anilines is 1. The summed E-state index contributed by atoms with van der Waals surface area (Å²) in [5.41, 5.74) is 0.440. The van der Waals surface area contributed by atoms with Gasteiger partial charge in [-0.05, 0) is 26.0 Å². The summed E-state index contributed by atoms with van der Waals surface area (Å²) in [4.78, 5) is 26.0. The van der Waals surface area contributed by atoms with Gasteiger partial charge in [0.05, 0.1) is 29.8 Å². The summed E-state index contributed by atoms with van der Waals surface area (Å²) in [5.74, 6) is 0.0727. The van der Waals surface area contributed by atoms with Crippen LogP contribution in [-0.2, 0) is 7.05 Å². The second-order valence-corrected chi connectivity index (χ2v) is 7.78. The number of fused-ring (bicyclic) bond motifs is 1. The molecule has 0 bridgehead atoms. The van der Waals surface area contributed by atoms with Crippen molar-refractivity contribution >= 4 is 16.7 Å². The number of methoxy groups -OCH3 is 1. The Morgan fingerprint density at radius 2 is 1.85 bits per heavy atom. The molecule has 0 radical (unpaired) electrons. The lowest BCUT2D eigenvalue weighted by atomic mass is 10.0. The molecule has 0 spiro atoms. The first kappa shape index (κ1) is 23.2. The summed E-state index contributed by atoms with van der Waals surface area (Å²) in [5, 5.41) is 3.49. The molecule has 4 rings (SSSR count). The van der Waals surface area contributed by atoms with Gasteiger partial charge in [-0.2, -0.15) is 0 Å². The third-order valence-electron chi connectivity index (χ3n) is 5.56. The standard InChI is InChI=1S/C24H22F3N5O2/c1-12(15-6-5-7-16(20(15)25)22(26)27)29-23-17-10-18(14-8-9-19(34-4)28-11-14)32(3)24(33)21(17)30-13(2)31-23/h5-12,22H,1-4H3,(H,29,30,31)/t12-/m1/s1. The molecular formula is C24H22F3N5O2. The molecule has 34 heavy (non-hydrogen) atoms. The van der Waals surface area contributed by atoms with Crippen LogP contribution in [0.3, 0.4) is 0 Å². The molecule has 1 atom stereocenters. The van der Waals surface area contributed by atoms with E-state index in [4.69, 9.17) is 4.74 Å². The molecule has 0 saturated carbocycles. The van der Waals surface area contributed by atoms with Gasteiger partial charge in [0.25, 0.3) is 12.0 Å². The third-order valence-corrected chi connectivity index (χ3v) is 5.56. The van der Waals surface area contributed by atoms with Crippen molar-refractivity contribution in [1.29, 1.82) is 0 Å². The van der Waals surface area contributed by atoms with Crippen molar-refractivity contribution in [2.24, 2.45) is 7.05 Å². The Morgan fingerprint density at radius 1 is 1.12 bits per heavy atom. The average Bonchev–Trinajstić information content (AvgIpc) is 2.81. The van der Waals surface area contributed by atoms with Gasteiger partial charge in [-0.15, -0.1) is 0 Å². The molecule has 4 aromatic rings. The van der Waals surface area contributed by atoms with Crippen LogP contribution in [0.5, 0.6) is 5.88 Å². The van der Waals surface area contributed by atoms with Gasteiger partial charge < -0.3 is 14.6 Å². The maximum Gasteiger partial charge on any atom is 0.277 e. The molecule has 1 N–H and O–H groups in total. The van der Waals surface area contributed by atoms with Crippen LogP contribution in [-0.4, -0.2) is 26.6 Å². The molecule has 1 aromatic carbocycles. The molecule has 10 heteroatoms. The first-order chi connectivity index (χ1) is 16.2. The SMILES string of the molecule is COc1ccc(-c2cc3c(N[C@H](C)c4cccc(C(F)F)c4F)nc(C)nc3c(=O)n2C)cn1. The van der Waals surface area contributed by atoms with Crippen molar-refractivity contribution in [2.75, 3.05) is 12.4 Å². The summed E-state index contributed by atoms with van der Waals surface area (Å²) >= 11 is 0. The van der Waals surface area contributed by atoms with Crippen molar-refractivity contribution in [3.8, 4) is 17.1 Å². The molecule has 0 amide bonds. The molecule has 0 fully saturated rings. The average molecular weight is 469 g/mol. The molecule has 0 aliphatic heterocycles. The Morgan fingerprint density at radius 3 is 2.50 bits per heavy atom. The number of benzene rings is 1. The van der Waals surface area contributed by atoms with E-state index in [0.29, 0.717) is 28.3 Å². The van der Waals surface area contributed by atoms with Crippen LogP contribution in [0.1, 0.15) is 36.3 Å². The van der Waals surface area contributed by atoms with Gasteiger partial charge in [-0.1, -0.05) is 18.2 Å². The maximum atomic E-state index is 14.7. The van der Waals surface area contributed by atoms with Crippen molar-refractivity contribution in [3.63, 3.8) is 0 Å². The molecule has 7 nitrogen and oxygen atoms in total. The number of nitrogens with one attached hydrogen (secondary N) is 1. The fraction of sp³-hybridized carbons (Fsp3) is 0.250. The second-order valence-electron chi connectivity index (χ2n) is 7.78. The van der Waals surface area contributed by atoms with Crippen molar-refractivity contribution in [1.82, 2.24) is 19.5 Å². The highest BCUT2D eigenvalue weighted by Crippen LogP contribution is 2.31. The molecule has 0 saturated heterocycles. The molecule has 0 unspecified atom stereocenters. The fourth-order valence-corrected chi connectivity index (χ4v) is 3.78. The minimum absolute atomic E-state index is 0.0608. The zero-order valence-electron chi connectivity index (χ0n) is 18.9. The first-order valence-electron chi connectivity index (χ1n) is 10.4. The van der Waals surface area contributed by atoms with Crippen LogP contribution in [0.15, 0.2) is 47.4 Å². The number of nitrogens with zero attached hydrogens (tertiary/aromatic N) is 4. The van der Waals surface area contributed by atoms with E-state index in [0.717, 1.165) is 6.07 Å². The van der Waals surface area contributed by atoms with Gasteiger partial charge in [-0.3, -0.25) is 4.79 Å². The highest BCUT2D eigenvalue weighted by atomic mass is 19.3. The highest BCUT2D eigenvalue weighted by Gasteiger charge is 2.21. The Balaban J connectivity index is 1.84. The quantitative estimate of drug-likeness (QED) is 0.430. The Kier molecular flexibility index (Phi) is 6.23. The summed E-state index contributed by atoms with van der Waals surface area (Å²) < 4.78 is 47.6. The molecule has 3 aromatic heterocycles. The van der Waals surface area contributed by atoms with Crippen LogP contribution < -0.4 is 15.6 Å². The molecule has 0 aliphatic carbocycles. The lowest BCUT2D eigenvalue weighted by Crippen LogP contribution is -2.21. The van der Waals surface area contributed by atoms with Crippen molar-refractivity contribution in [2.45, 2.75) is 26.3 Å². The van der Waals surface area contributed by atoms with E-state index < -0.39 is 23.8 Å². The van der Waals surface area contributed by atoms with Gasteiger partial charge in [0.15, 0.2) is 0 Å². The Hall–Kier alpha value is -3.95. The van der Waals surface area contributed by atoms with Crippen LogP contribution in [0.4, 0.5) is 19.0 Å². The van der Waals surface area contributed by atoms with E-state index in [-0.39, 0.29) is 22.5 Å². The van der Waals surface area contributed by atoms with Crippen LogP contribution in [0.2, 0.25) is 0 Å². The first-order valence-corrected chi connectivity index (χ1v) is 10.4. The lowest BCUT2D eigenvalue weighted by Gasteiger charge is -2.19.